The first-order chi connectivity index (χ1) is 14.9. The number of hydrazone groups is 1. The third-order valence-corrected chi connectivity index (χ3v) is 5.02. The predicted octanol–water partition coefficient (Wildman–Crippen LogP) is 4.61. The average molecular weight is 533 g/mol. The Morgan fingerprint density at radius 3 is 2.42 bits per heavy atom. The van der Waals surface area contributed by atoms with Crippen LogP contribution in [0.15, 0.2) is 71.8 Å². The maximum Gasteiger partial charge on any atom is 0.269 e. The number of nitro groups is 1. The number of carbonyl (C=O) groups excluding carboxylic acids is 1. The number of nitrogens with one attached hydrogen (secondary N) is 1. The highest BCUT2D eigenvalue weighted by Crippen LogP contribution is 2.23. The zero-order valence-corrected chi connectivity index (χ0v) is 18.3. The van der Waals surface area contributed by atoms with Crippen LogP contribution in [0, 0.1) is 19.5 Å². The zero-order valence-electron chi connectivity index (χ0n) is 16.1. The molecule has 31 heavy (non-hydrogen) atoms. The number of hydrogen-bond donors (Lipinski definition) is 1. The van der Waals surface area contributed by atoms with E-state index >= 15 is 0 Å². The molecule has 0 aliphatic carbocycles. The molecular weight excluding hydrogens is 516 g/mol. The normalized spacial score (nSPS) is 10.8. The minimum absolute atomic E-state index is 0.0340. The third kappa shape index (κ3) is 6.85. The van der Waals surface area contributed by atoms with Crippen molar-refractivity contribution in [1.29, 1.82) is 0 Å². The van der Waals surface area contributed by atoms with E-state index in [1.807, 2.05) is 6.07 Å². The van der Waals surface area contributed by atoms with E-state index in [-0.39, 0.29) is 30.4 Å². The molecule has 0 fully saturated rings. The summed E-state index contributed by atoms with van der Waals surface area (Å²) in [6.45, 7) is 0.279. The van der Waals surface area contributed by atoms with Crippen molar-refractivity contribution < 1.29 is 18.8 Å². The van der Waals surface area contributed by atoms with Crippen LogP contribution < -0.4 is 10.2 Å². The fraction of sp³-hybridized carbons (Fsp3) is 0.0909. The summed E-state index contributed by atoms with van der Waals surface area (Å²) in [6, 6.07) is 17.3. The number of benzene rings is 3. The summed E-state index contributed by atoms with van der Waals surface area (Å²) in [7, 11) is 0. The Hall–Kier alpha value is -3.34. The first-order valence-corrected chi connectivity index (χ1v) is 10.2. The van der Waals surface area contributed by atoms with Crippen LogP contribution in [0.5, 0.6) is 5.75 Å². The standard InChI is InChI=1S/C22H17FIN3O4/c23-18-6-1-15(2-7-18)12-22(28)26-25-13-17-5-10-21(20(24)11-17)31-14-16-3-8-19(9-4-16)27(29)30/h1-11,13H,12,14H2,(H,26,28)/b25-13+. The van der Waals surface area contributed by atoms with Gasteiger partial charge in [0.25, 0.3) is 5.69 Å². The predicted molar refractivity (Wildman–Crippen MR) is 122 cm³/mol. The molecule has 7 nitrogen and oxygen atoms in total. The molecule has 0 saturated heterocycles. The van der Waals surface area contributed by atoms with E-state index in [2.05, 4.69) is 33.1 Å². The molecule has 3 aromatic carbocycles. The summed E-state index contributed by atoms with van der Waals surface area (Å²) in [5.74, 6) is 0.00834. The molecule has 0 aromatic heterocycles. The van der Waals surface area contributed by atoms with E-state index in [1.165, 1.54) is 30.5 Å². The molecule has 0 radical (unpaired) electrons. The van der Waals surface area contributed by atoms with E-state index in [9.17, 15) is 19.3 Å². The van der Waals surface area contributed by atoms with Gasteiger partial charge in [0, 0.05) is 12.1 Å². The number of nitrogens with zero attached hydrogens (tertiary/aromatic N) is 2. The Morgan fingerprint density at radius 2 is 1.77 bits per heavy atom. The smallest absolute Gasteiger partial charge is 0.269 e. The van der Waals surface area contributed by atoms with Crippen LogP contribution in [-0.2, 0) is 17.8 Å². The molecule has 0 saturated carbocycles. The van der Waals surface area contributed by atoms with Gasteiger partial charge in [-0.05, 0) is 81.7 Å². The number of non-ortho nitro benzene ring substituents is 1. The van der Waals surface area contributed by atoms with Crippen LogP contribution in [0.3, 0.4) is 0 Å². The van der Waals surface area contributed by atoms with E-state index < -0.39 is 4.92 Å². The van der Waals surface area contributed by atoms with Gasteiger partial charge in [0.1, 0.15) is 18.2 Å². The lowest BCUT2D eigenvalue weighted by Crippen LogP contribution is -2.19. The van der Waals surface area contributed by atoms with Gasteiger partial charge in [0.15, 0.2) is 0 Å². The van der Waals surface area contributed by atoms with Crippen LogP contribution in [-0.4, -0.2) is 17.0 Å². The molecule has 0 unspecified atom stereocenters. The zero-order chi connectivity index (χ0) is 22.2. The fourth-order valence-corrected chi connectivity index (χ4v) is 3.29. The van der Waals surface area contributed by atoms with Gasteiger partial charge in [-0.3, -0.25) is 14.9 Å². The van der Waals surface area contributed by atoms with Gasteiger partial charge in [-0.25, -0.2) is 9.82 Å². The van der Waals surface area contributed by atoms with Crippen molar-refractivity contribution in [2.75, 3.05) is 0 Å². The first kappa shape index (κ1) is 22.3. The van der Waals surface area contributed by atoms with Crippen molar-refractivity contribution in [2.45, 2.75) is 13.0 Å². The monoisotopic (exact) mass is 533 g/mol. The molecule has 158 valence electrons. The van der Waals surface area contributed by atoms with Gasteiger partial charge in [-0.2, -0.15) is 5.10 Å². The number of ether oxygens (including phenoxy) is 1. The highest BCUT2D eigenvalue weighted by atomic mass is 127. The molecule has 3 rings (SSSR count). The minimum Gasteiger partial charge on any atom is -0.488 e. The molecule has 0 bridgehead atoms. The summed E-state index contributed by atoms with van der Waals surface area (Å²) in [5.41, 5.74) is 4.76. The second-order valence-corrected chi connectivity index (χ2v) is 7.66. The van der Waals surface area contributed by atoms with E-state index in [1.54, 1.807) is 36.4 Å². The maximum absolute atomic E-state index is 12.9. The van der Waals surface area contributed by atoms with Gasteiger partial charge in [0.2, 0.25) is 5.91 Å². The summed E-state index contributed by atoms with van der Waals surface area (Å²) in [6.07, 6.45) is 1.62. The topological polar surface area (TPSA) is 93.8 Å². The molecule has 0 atom stereocenters. The third-order valence-electron chi connectivity index (χ3n) is 4.18. The average Bonchev–Trinajstić information content (AvgIpc) is 2.75. The Labute approximate surface area is 191 Å². The van der Waals surface area contributed by atoms with E-state index in [0.29, 0.717) is 11.3 Å². The quantitative estimate of drug-likeness (QED) is 0.198. The second kappa shape index (κ2) is 10.6. The summed E-state index contributed by atoms with van der Waals surface area (Å²) in [5, 5.41) is 14.6. The first-order valence-electron chi connectivity index (χ1n) is 9.13. The number of halogens is 2. The lowest BCUT2D eigenvalue weighted by Gasteiger charge is -2.09. The van der Waals surface area contributed by atoms with Gasteiger partial charge >= 0.3 is 0 Å². The molecule has 0 spiro atoms. The lowest BCUT2D eigenvalue weighted by atomic mass is 10.1. The molecule has 9 heteroatoms. The van der Waals surface area contributed by atoms with E-state index in [4.69, 9.17) is 4.74 Å². The number of rotatable bonds is 8. The number of amides is 1. The van der Waals surface area contributed by atoms with Crippen molar-refractivity contribution in [3.8, 4) is 5.75 Å². The minimum atomic E-state index is -0.445. The Bertz CT molecular complexity index is 1100. The molecule has 1 amide bonds. The summed E-state index contributed by atoms with van der Waals surface area (Å²) < 4.78 is 19.5. The molecule has 0 aliphatic heterocycles. The largest absolute Gasteiger partial charge is 0.488 e. The van der Waals surface area contributed by atoms with Crippen molar-refractivity contribution >= 4 is 40.4 Å². The summed E-state index contributed by atoms with van der Waals surface area (Å²) in [4.78, 5) is 22.2. The molecule has 1 N–H and O–H groups in total. The SMILES string of the molecule is O=C(Cc1ccc(F)cc1)N/N=C/c1ccc(OCc2ccc([N+](=O)[O-])cc2)c(I)c1. The van der Waals surface area contributed by atoms with Gasteiger partial charge in [0.05, 0.1) is 21.1 Å². The van der Waals surface area contributed by atoms with Crippen molar-refractivity contribution in [3.05, 3.63) is 103 Å². The molecule has 0 heterocycles. The van der Waals surface area contributed by atoms with Crippen molar-refractivity contribution in [2.24, 2.45) is 5.10 Å². The highest BCUT2D eigenvalue weighted by molar-refractivity contribution is 14.1. The maximum atomic E-state index is 12.9. The van der Waals surface area contributed by atoms with Gasteiger partial charge in [-0.1, -0.05) is 12.1 Å². The van der Waals surface area contributed by atoms with Crippen LogP contribution in [0.25, 0.3) is 0 Å². The van der Waals surface area contributed by atoms with Crippen LogP contribution in [0.2, 0.25) is 0 Å². The molecule has 3 aromatic rings. The van der Waals surface area contributed by atoms with Crippen molar-refractivity contribution in [1.82, 2.24) is 5.43 Å². The van der Waals surface area contributed by atoms with Crippen LogP contribution in [0.4, 0.5) is 10.1 Å². The number of nitro benzene ring substituents is 1. The highest BCUT2D eigenvalue weighted by Gasteiger charge is 2.06. The summed E-state index contributed by atoms with van der Waals surface area (Å²) >= 11 is 2.13. The number of hydrogen-bond acceptors (Lipinski definition) is 5. The lowest BCUT2D eigenvalue weighted by molar-refractivity contribution is -0.384. The fourth-order valence-electron chi connectivity index (χ4n) is 2.60. The Morgan fingerprint density at radius 1 is 1.10 bits per heavy atom. The van der Waals surface area contributed by atoms with Crippen LogP contribution >= 0.6 is 22.6 Å². The Balaban J connectivity index is 1.51. The van der Waals surface area contributed by atoms with Gasteiger partial charge in [-0.15, -0.1) is 0 Å². The second-order valence-electron chi connectivity index (χ2n) is 6.50. The molecule has 0 aliphatic rings. The Kier molecular flexibility index (Phi) is 7.65. The van der Waals surface area contributed by atoms with E-state index in [0.717, 1.165) is 14.7 Å². The van der Waals surface area contributed by atoms with Crippen molar-refractivity contribution in [3.63, 3.8) is 0 Å². The van der Waals surface area contributed by atoms with Gasteiger partial charge < -0.3 is 4.74 Å². The molecular formula is C22H17FIN3O4. The van der Waals surface area contributed by atoms with Crippen LogP contribution in [0.1, 0.15) is 16.7 Å². The number of carbonyl (C=O) groups is 1.